The molecular weight excluding hydrogens is 286 g/mol. The van der Waals surface area contributed by atoms with Gasteiger partial charge >= 0.3 is 5.97 Å². The summed E-state index contributed by atoms with van der Waals surface area (Å²) in [6, 6.07) is 0. The molecule has 0 fully saturated rings. The minimum Gasteiger partial charge on any atom is -0.466 e. The van der Waals surface area contributed by atoms with E-state index in [4.69, 9.17) is 4.74 Å². The van der Waals surface area contributed by atoms with Gasteiger partial charge in [0.1, 0.15) is 0 Å². The van der Waals surface area contributed by atoms with Gasteiger partial charge in [-0.15, -0.1) is 0 Å². The highest BCUT2D eigenvalue weighted by atomic mass is 16.5. The van der Waals surface area contributed by atoms with Gasteiger partial charge in [-0.2, -0.15) is 0 Å². The first kappa shape index (κ1) is 24.7. The van der Waals surface area contributed by atoms with Crippen LogP contribution in [0.15, 0.2) is 0 Å². The van der Waals surface area contributed by atoms with Crippen LogP contribution >= 0.6 is 0 Å². The van der Waals surface area contributed by atoms with Crippen LogP contribution in [0.25, 0.3) is 0 Å². The Morgan fingerprint density at radius 2 is 1.00 bits per heavy atom. The van der Waals surface area contributed by atoms with Crippen molar-refractivity contribution in [2.24, 2.45) is 0 Å². The molecule has 0 rings (SSSR count). The van der Waals surface area contributed by atoms with Crippen molar-refractivity contribution in [2.45, 2.75) is 117 Å². The fourth-order valence-corrected chi connectivity index (χ4v) is 2.72. The highest BCUT2D eigenvalue weighted by Crippen LogP contribution is 2.11. The minimum absolute atomic E-state index is 0. The first-order valence-corrected chi connectivity index (χ1v) is 9.96. The Morgan fingerprint density at radius 1 is 0.609 bits per heavy atom. The number of ether oxygens (including phenoxy) is 1. The molecule has 0 aliphatic rings. The Labute approximate surface area is 145 Å². The minimum atomic E-state index is 0. The zero-order valence-electron chi connectivity index (χ0n) is 16.0. The summed E-state index contributed by atoms with van der Waals surface area (Å²) >= 11 is 0. The maximum absolute atomic E-state index is 11.5. The molecule has 0 heterocycles. The van der Waals surface area contributed by atoms with Crippen molar-refractivity contribution in [1.82, 2.24) is 6.15 Å². The Bertz CT molecular complexity index is 232. The van der Waals surface area contributed by atoms with Crippen molar-refractivity contribution in [3.63, 3.8) is 0 Å². The molecule has 0 aliphatic carbocycles. The molecule has 0 radical (unpaired) electrons. The zero-order chi connectivity index (χ0) is 16.3. The highest BCUT2D eigenvalue weighted by molar-refractivity contribution is 5.69. The number of rotatable bonds is 17. The van der Waals surface area contributed by atoms with Crippen LogP contribution < -0.4 is 6.15 Å². The maximum Gasteiger partial charge on any atom is 0.305 e. The lowest BCUT2D eigenvalue weighted by atomic mass is 10.1. The molecule has 0 aromatic carbocycles. The van der Waals surface area contributed by atoms with E-state index in [9.17, 15) is 4.79 Å². The van der Waals surface area contributed by atoms with Crippen molar-refractivity contribution in [3.05, 3.63) is 0 Å². The predicted molar refractivity (Wildman–Crippen MR) is 101 cm³/mol. The van der Waals surface area contributed by atoms with Crippen LogP contribution in [0.3, 0.4) is 0 Å². The molecule has 140 valence electrons. The van der Waals surface area contributed by atoms with E-state index in [2.05, 4.69) is 13.8 Å². The van der Waals surface area contributed by atoms with Gasteiger partial charge in [0.25, 0.3) is 0 Å². The normalized spacial score (nSPS) is 10.3. The second-order valence-corrected chi connectivity index (χ2v) is 6.57. The summed E-state index contributed by atoms with van der Waals surface area (Å²) in [4.78, 5) is 11.5. The molecule has 0 saturated carbocycles. The first-order chi connectivity index (χ1) is 10.8. The van der Waals surface area contributed by atoms with Gasteiger partial charge in [-0.05, 0) is 12.8 Å². The molecule has 0 aromatic heterocycles. The van der Waals surface area contributed by atoms with E-state index in [1.165, 1.54) is 83.5 Å². The third kappa shape index (κ3) is 21.4. The average Bonchev–Trinajstić information content (AvgIpc) is 2.52. The fourth-order valence-electron chi connectivity index (χ4n) is 2.72. The van der Waals surface area contributed by atoms with Gasteiger partial charge in [0.05, 0.1) is 6.61 Å². The Hall–Kier alpha value is -0.570. The van der Waals surface area contributed by atoms with Gasteiger partial charge in [-0.1, -0.05) is 97.3 Å². The molecule has 0 aliphatic heterocycles. The Morgan fingerprint density at radius 3 is 1.48 bits per heavy atom. The van der Waals surface area contributed by atoms with Gasteiger partial charge in [-0.3, -0.25) is 4.79 Å². The van der Waals surface area contributed by atoms with Crippen LogP contribution in [0.1, 0.15) is 117 Å². The van der Waals surface area contributed by atoms with Crippen LogP contribution in [0.4, 0.5) is 0 Å². The van der Waals surface area contributed by atoms with Crippen LogP contribution in [-0.4, -0.2) is 12.6 Å². The number of unbranched alkanes of at least 4 members (excludes halogenated alkanes) is 13. The van der Waals surface area contributed by atoms with E-state index in [1.807, 2.05) is 0 Å². The third-order valence-electron chi connectivity index (χ3n) is 4.25. The molecule has 0 spiro atoms. The first-order valence-electron chi connectivity index (χ1n) is 9.96. The Balaban J connectivity index is 0. The molecule has 3 nitrogen and oxygen atoms in total. The summed E-state index contributed by atoms with van der Waals surface area (Å²) < 4.78 is 5.28. The Kier molecular flexibility index (Phi) is 23.0. The lowest BCUT2D eigenvalue weighted by Crippen LogP contribution is -2.05. The average molecular weight is 330 g/mol. The fraction of sp³-hybridized carbons (Fsp3) is 0.950. The summed E-state index contributed by atoms with van der Waals surface area (Å²) in [6.07, 6.45) is 19.8. The van der Waals surface area contributed by atoms with Crippen molar-refractivity contribution >= 4 is 5.97 Å². The highest BCUT2D eigenvalue weighted by Gasteiger charge is 2.02. The summed E-state index contributed by atoms with van der Waals surface area (Å²) in [5.41, 5.74) is 0. The molecule has 0 amide bonds. The number of carbonyl (C=O) groups is 1. The molecular formula is C20H43NO2. The van der Waals surface area contributed by atoms with Crippen molar-refractivity contribution in [1.29, 1.82) is 0 Å². The van der Waals surface area contributed by atoms with E-state index in [0.29, 0.717) is 13.0 Å². The quantitative estimate of drug-likeness (QED) is 0.231. The van der Waals surface area contributed by atoms with Gasteiger partial charge in [0, 0.05) is 6.42 Å². The van der Waals surface area contributed by atoms with E-state index in [1.54, 1.807) is 0 Å². The molecule has 0 unspecified atom stereocenters. The van der Waals surface area contributed by atoms with E-state index in [-0.39, 0.29) is 12.1 Å². The summed E-state index contributed by atoms with van der Waals surface area (Å²) in [5.74, 6) is 0.00687. The van der Waals surface area contributed by atoms with E-state index >= 15 is 0 Å². The van der Waals surface area contributed by atoms with E-state index < -0.39 is 0 Å². The van der Waals surface area contributed by atoms with Gasteiger partial charge in [-0.25, -0.2) is 0 Å². The molecule has 0 atom stereocenters. The lowest BCUT2D eigenvalue weighted by molar-refractivity contribution is -0.143. The summed E-state index contributed by atoms with van der Waals surface area (Å²) in [7, 11) is 0. The van der Waals surface area contributed by atoms with Crippen molar-refractivity contribution < 1.29 is 9.53 Å². The predicted octanol–water partition coefficient (Wildman–Crippen LogP) is 6.97. The van der Waals surface area contributed by atoms with Crippen LogP contribution in [-0.2, 0) is 9.53 Å². The van der Waals surface area contributed by atoms with Gasteiger partial charge < -0.3 is 10.9 Å². The number of esters is 1. The largest absolute Gasteiger partial charge is 0.466 e. The van der Waals surface area contributed by atoms with Crippen LogP contribution in [0, 0.1) is 0 Å². The maximum atomic E-state index is 11.5. The molecule has 0 bridgehead atoms. The monoisotopic (exact) mass is 329 g/mol. The number of hydrogen-bond acceptors (Lipinski definition) is 3. The second-order valence-electron chi connectivity index (χ2n) is 6.57. The van der Waals surface area contributed by atoms with Crippen LogP contribution in [0.2, 0.25) is 0 Å². The molecule has 3 heteroatoms. The molecule has 3 N–H and O–H groups in total. The number of hydrogen-bond donors (Lipinski definition) is 1. The summed E-state index contributed by atoms with van der Waals surface area (Å²) in [6.45, 7) is 5.10. The van der Waals surface area contributed by atoms with Gasteiger partial charge in [0.2, 0.25) is 0 Å². The third-order valence-corrected chi connectivity index (χ3v) is 4.25. The topological polar surface area (TPSA) is 61.3 Å². The SMILES string of the molecule is CCCCCCCCCCCCOC(=O)CCCCCCC.N. The van der Waals surface area contributed by atoms with E-state index in [0.717, 1.165) is 12.8 Å². The lowest BCUT2D eigenvalue weighted by Gasteiger charge is -2.05. The van der Waals surface area contributed by atoms with Crippen molar-refractivity contribution in [3.8, 4) is 0 Å². The summed E-state index contributed by atoms with van der Waals surface area (Å²) in [5, 5.41) is 0. The van der Waals surface area contributed by atoms with Crippen LogP contribution in [0.5, 0.6) is 0 Å². The molecule has 0 saturated heterocycles. The zero-order valence-corrected chi connectivity index (χ0v) is 16.0. The standard InChI is InChI=1S/C20H40O2.H3N/c1-3-5-7-9-10-11-12-13-15-17-19-22-20(21)18-16-14-8-6-4-2;/h3-19H2,1-2H3;1H3. The second kappa shape index (κ2) is 21.4. The number of carbonyl (C=O) groups excluding carboxylic acids is 1. The molecule has 23 heavy (non-hydrogen) atoms. The smallest absolute Gasteiger partial charge is 0.305 e. The molecule has 0 aromatic rings. The van der Waals surface area contributed by atoms with Crippen molar-refractivity contribution in [2.75, 3.05) is 6.61 Å². The van der Waals surface area contributed by atoms with Gasteiger partial charge in [0.15, 0.2) is 0 Å².